The van der Waals surface area contributed by atoms with Crippen LogP contribution in [0.1, 0.15) is 37.1 Å². The summed E-state index contributed by atoms with van der Waals surface area (Å²) in [6, 6.07) is 6.46. The lowest BCUT2D eigenvalue weighted by atomic mass is 10.0. The fraction of sp³-hybridized carbons (Fsp3) is 0.368. The van der Waals surface area contributed by atoms with Gasteiger partial charge < -0.3 is 0 Å². The van der Waals surface area contributed by atoms with Crippen molar-refractivity contribution in [1.82, 2.24) is 4.98 Å². The number of rotatable bonds is 5. The van der Waals surface area contributed by atoms with Gasteiger partial charge in [0.05, 0.1) is 5.02 Å². The molecule has 8 heteroatoms. The molecule has 2 rings (SSSR count). The van der Waals surface area contributed by atoms with Crippen LogP contribution in [0.15, 0.2) is 36.5 Å². The third-order valence-corrected chi connectivity index (χ3v) is 3.17. The summed E-state index contributed by atoms with van der Waals surface area (Å²) in [5, 5.41) is 6.93. The first-order valence-corrected chi connectivity index (χ1v) is 8.36. The average molecular weight is 407 g/mol. The third kappa shape index (κ3) is 9.34. The van der Waals surface area contributed by atoms with Crippen LogP contribution in [0, 0.1) is 17.7 Å². The molecule has 27 heavy (non-hydrogen) atoms. The van der Waals surface area contributed by atoms with Crippen molar-refractivity contribution in [2.24, 2.45) is 0 Å². The summed E-state index contributed by atoms with van der Waals surface area (Å²) in [5.74, 6) is -4.95. The molecule has 0 spiro atoms. The zero-order chi connectivity index (χ0) is 21.0. The molecule has 0 saturated carbocycles. The summed E-state index contributed by atoms with van der Waals surface area (Å²) in [5.41, 5.74) is 0.741. The van der Waals surface area contributed by atoms with Gasteiger partial charge in [0, 0.05) is 31.3 Å². The Hall–Kier alpha value is -2.20. The van der Waals surface area contributed by atoms with E-state index >= 15 is 0 Å². The first kappa shape index (κ1) is 24.8. The Balaban J connectivity index is 0.00000123. The lowest BCUT2D eigenvalue weighted by molar-refractivity contribution is -0.127. The quantitative estimate of drug-likeness (QED) is 0.534. The molecule has 0 atom stereocenters. The van der Waals surface area contributed by atoms with Crippen molar-refractivity contribution in [3.05, 3.63) is 64.2 Å². The van der Waals surface area contributed by atoms with Crippen LogP contribution in [-0.4, -0.2) is 17.3 Å². The maximum absolute atomic E-state index is 13.5. The van der Waals surface area contributed by atoms with Crippen molar-refractivity contribution in [3.63, 3.8) is 0 Å². The summed E-state index contributed by atoms with van der Waals surface area (Å²) in [7, 11) is 0. The minimum absolute atomic E-state index is 0.183. The minimum atomic E-state index is -4.19. The van der Waals surface area contributed by atoms with Crippen molar-refractivity contribution in [2.45, 2.75) is 45.5 Å². The van der Waals surface area contributed by atoms with Crippen molar-refractivity contribution in [1.29, 1.82) is 5.26 Å². The zero-order valence-electron chi connectivity index (χ0n) is 14.9. The smallest absolute Gasteiger partial charge is 0.259 e. The second-order valence-electron chi connectivity index (χ2n) is 5.56. The van der Waals surface area contributed by atoms with E-state index in [1.54, 1.807) is 12.1 Å². The van der Waals surface area contributed by atoms with E-state index in [-0.39, 0.29) is 12.0 Å². The van der Waals surface area contributed by atoms with Gasteiger partial charge in [-0.2, -0.15) is 8.78 Å². The number of alkyl halides is 4. The monoisotopic (exact) mass is 406 g/mol. The van der Waals surface area contributed by atoms with Gasteiger partial charge in [-0.15, -0.1) is 0 Å². The van der Waals surface area contributed by atoms with Crippen molar-refractivity contribution in [2.75, 3.05) is 0 Å². The summed E-state index contributed by atoms with van der Waals surface area (Å²) in [6.45, 7) is 7.75. The summed E-state index contributed by atoms with van der Waals surface area (Å²) in [6.07, 6.45) is -2.18. The number of pyridine rings is 1. The van der Waals surface area contributed by atoms with E-state index in [4.69, 9.17) is 16.9 Å². The fourth-order valence-electron chi connectivity index (χ4n) is 1.99. The van der Waals surface area contributed by atoms with Crippen LogP contribution >= 0.6 is 11.6 Å². The molecule has 0 aliphatic carbocycles. The maximum atomic E-state index is 13.5. The molecule has 2 nitrogen and oxygen atoms in total. The van der Waals surface area contributed by atoms with Gasteiger partial charge in [0.25, 0.3) is 0 Å². The molecule has 1 aromatic carbocycles. The van der Waals surface area contributed by atoms with Crippen molar-refractivity contribution < 1.29 is 22.0 Å². The first-order chi connectivity index (χ1) is 12.7. The van der Waals surface area contributed by atoms with Crippen LogP contribution in [0.5, 0.6) is 0 Å². The summed E-state index contributed by atoms with van der Waals surface area (Å²) >= 11 is 5.69. The highest BCUT2D eigenvalue weighted by molar-refractivity contribution is 6.30. The number of hydrogen-bond acceptors (Lipinski definition) is 2. The highest BCUT2D eigenvalue weighted by Gasteiger charge is 2.40. The molecule has 0 fully saturated rings. The van der Waals surface area contributed by atoms with Gasteiger partial charge in [0.1, 0.15) is 5.82 Å². The molecule has 1 heterocycles. The standard InChI is InChI=1S/C15H11ClF5N.C3H8.CHN/c16-11-1-2-13(22-8-11)6-9-3-10(5-12(17)4-9)7-15(20,21)14(18)19;1-3-2;1-2/h1-5,8,14H,6-7H2;3H2,1-2H3;1H. The van der Waals surface area contributed by atoms with E-state index in [0.29, 0.717) is 16.3 Å². The number of hydrogen-bond donors (Lipinski definition) is 0. The van der Waals surface area contributed by atoms with Crippen LogP contribution in [0.3, 0.4) is 0 Å². The molecule has 0 saturated heterocycles. The first-order valence-electron chi connectivity index (χ1n) is 7.98. The Morgan fingerprint density at radius 1 is 1.11 bits per heavy atom. The molecule has 0 unspecified atom stereocenters. The van der Waals surface area contributed by atoms with Gasteiger partial charge in [-0.05, 0) is 35.4 Å². The second kappa shape index (κ2) is 12.2. The van der Waals surface area contributed by atoms with E-state index in [0.717, 1.165) is 12.1 Å². The van der Waals surface area contributed by atoms with Gasteiger partial charge >= 0.3 is 12.3 Å². The Labute approximate surface area is 160 Å². The van der Waals surface area contributed by atoms with Crippen LogP contribution in [0.4, 0.5) is 22.0 Å². The van der Waals surface area contributed by atoms with Crippen LogP contribution < -0.4 is 0 Å². The molecule has 0 amide bonds. The Kier molecular flexibility index (Phi) is 11.2. The van der Waals surface area contributed by atoms with E-state index in [2.05, 4.69) is 25.4 Å². The highest BCUT2D eigenvalue weighted by atomic mass is 35.5. The van der Waals surface area contributed by atoms with E-state index < -0.39 is 24.6 Å². The SMILES string of the molecule is C#N.CCC.Fc1cc(Cc2ccc(Cl)cn2)cc(CC(F)(F)C(F)F)c1. The largest absolute Gasteiger partial charge is 0.311 e. The second-order valence-corrected chi connectivity index (χ2v) is 5.99. The van der Waals surface area contributed by atoms with Gasteiger partial charge in [-0.1, -0.05) is 37.9 Å². The number of nitriles is 1. The molecule has 2 aromatic rings. The van der Waals surface area contributed by atoms with E-state index in [1.807, 2.05) is 0 Å². The zero-order valence-corrected chi connectivity index (χ0v) is 15.7. The van der Waals surface area contributed by atoms with E-state index in [9.17, 15) is 22.0 Å². The van der Waals surface area contributed by atoms with Crippen molar-refractivity contribution in [3.8, 4) is 6.57 Å². The highest BCUT2D eigenvalue weighted by Crippen LogP contribution is 2.28. The molecule has 0 aliphatic rings. The average Bonchev–Trinajstić information content (AvgIpc) is 2.58. The van der Waals surface area contributed by atoms with Gasteiger partial charge in [-0.25, -0.2) is 18.4 Å². The fourth-order valence-corrected chi connectivity index (χ4v) is 2.10. The molecular weight excluding hydrogens is 387 g/mol. The normalized spacial score (nSPS) is 10.5. The molecule has 148 valence electrons. The number of halogens is 6. The Morgan fingerprint density at radius 2 is 1.67 bits per heavy atom. The predicted octanol–water partition coefficient (Wildman–Crippen LogP) is 6.46. The van der Waals surface area contributed by atoms with Gasteiger partial charge in [0.2, 0.25) is 0 Å². The Bertz CT molecular complexity index is 703. The molecule has 0 aliphatic heterocycles. The summed E-state index contributed by atoms with van der Waals surface area (Å²) in [4.78, 5) is 4.01. The van der Waals surface area contributed by atoms with E-state index in [1.165, 1.54) is 18.7 Å². The Morgan fingerprint density at radius 3 is 2.15 bits per heavy atom. The maximum Gasteiger partial charge on any atom is 0.311 e. The topological polar surface area (TPSA) is 36.7 Å². The van der Waals surface area contributed by atoms with Crippen LogP contribution in [-0.2, 0) is 12.8 Å². The van der Waals surface area contributed by atoms with Crippen LogP contribution in [0.2, 0.25) is 5.02 Å². The van der Waals surface area contributed by atoms with Gasteiger partial charge in [0.15, 0.2) is 0 Å². The number of nitrogens with zero attached hydrogens (tertiary/aromatic N) is 2. The molecule has 0 bridgehead atoms. The van der Waals surface area contributed by atoms with Gasteiger partial charge in [-0.3, -0.25) is 4.98 Å². The predicted molar refractivity (Wildman–Crippen MR) is 95.7 cm³/mol. The van der Waals surface area contributed by atoms with Crippen LogP contribution in [0.25, 0.3) is 0 Å². The molecular formula is C19H20ClF5N2. The molecule has 0 radical (unpaired) electrons. The molecule has 0 N–H and O–H groups in total. The number of aromatic nitrogens is 1. The number of benzene rings is 1. The van der Waals surface area contributed by atoms with Crippen molar-refractivity contribution >= 4 is 11.6 Å². The summed E-state index contributed by atoms with van der Waals surface area (Å²) < 4.78 is 64.1. The third-order valence-electron chi connectivity index (χ3n) is 2.95. The minimum Gasteiger partial charge on any atom is -0.259 e. The lowest BCUT2D eigenvalue weighted by Crippen LogP contribution is -2.29. The molecule has 1 aromatic heterocycles. The lowest BCUT2D eigenvalue weighted by Gasteiger charge is -2.15.